The molecule has 3 fully saturated rings. The van der Waals surface area contributed by atoms with Gasteiger partial charge in [-0.25, -0.2) is 0 Å². The van der Waals surface area contributed by atoms with Gasteiger partial charge in [-0.2, -0.15) is 4.98 Å². The minimum atomic E-state index is -0.749. The van der Waals surface area contributed by atoms with Crippen molar-refractivity contribution in [2.75, 3.05) is 24.6 Å². The molecule has 1 aromatic rings. The lowest BCUT2D eigenvalue weighted by atomic mass is 9.90. The number of ether oxygens (including phenoxy) is 1. The number of piperidine rings is 1. The maximum absolute atomic E-state index is 13.1. The lowest BCUT2D eigenvalue weighted by Gasteiger charge is -2.33. The molecule has 1 atom stereocenters. The maximum Gasteiger partial charge on any atom is 0.303 e. The van der Waals surface area contributed by atoms with E-state index >= 15 is 0 Å². The van der Waals surface area contributed by atoms with E-state index in [1.54, 1.807) is 0 Å². The molecule has 7 heteroatoms. The van der Waals surface area contributed by atoms with E-state index in [0.29, 0.717) is 30.5 Å². The first kappa shape index (κ1) is 23.8. The normalized spacial score (nSPS) is 22.7. The van der Waals surface area contributed by atoms with Gasteiger partial charge in [0.15, 0.2) is 0 Å². The Hall–Kier alpha value is -2.31. The lowest BCUT2D eigenvalue weighted by Crippen LogP contribution is -2.38. The molecule has 1 aliphatic heterocycles. The minimum Gasteiger partial charge on any atom is -0.481 e. The number of anilines is 1. The number of carbonyl (C=O) groups is 2. The van der Waals surface area contributed by atoms with Gasteiger partial charge >= 0.3 is 5.97 Å². The van der Waals surface area contributed by atoms with Crippen molar-refractivity contribution in [3.05, 3.63) is 17.7 Å². The maximum atomic E-state index is 13.1. The first-order chi connectivity index (χ1) is 16.1. The lowest BCUT2D eigenvalue weighted by molar-refractivity contribution is -0.138. The first-order valence-corrected chi connectivity index (χ1v) is 13.0. The molecule has 33 heavy (non-hydrogen) atoms. The average molecular weight is 458 g/mol. The van der Waals surface area contributed by atoms with Gasteiger partial charge in [0.25, 0.3) is 5.91 Å². The van der Waals surface area contributed by atoms with Crippen LogP contribution in [-0.2, 0) is 4.79 Å². The zero-order valence-electron chi connectivity index (χ0n) is 19.8. The summed E-state index contributed by atoms with van der Waals surface area (Å²) in [7, 11) is 0. The van der Waals surface area contributed by atoms with Crippen molar-refractivity contribution in [2.24, 2.45) is 11.8 Å². The molecule has 4 rings (SSSR count). The van der Waals surface area contributed by atoms with E-state index in [9.17, 15) is 14.7 Å². The fourth-order valence-corrected chi connectivity index (χ4v) is 5.64. The van der Waals surface area contributed by atoms with E-state index in [1.165, 1.54) is 51.4 Å². The largest absolute Gasteiger partial charge is 0.481 e. The molecular formula is C26H39N3O4. The molecule has 2 N–H and O–H groups in total. The molecule has 0 radical (unpaired) electrons. The van der Waals surface area contributed by atoms with Gasteiger partial charge in [-0.05, 0) is 62.5 Å². The van der Waals surface area contributed by atoms with Gasteiger partial charge in [0.2, 0.25) is 5.88 Å². The molecule has 7 nitrogen and oxygen atoms in total. The number of nitrogens with zero attached hydrogens (tertiary/aromatic N) is 2. The van der Waals surface area contributed by atoms with Crippen LogP contribution in [0.25, 0.3) is 0 Å². The van der Waals surface area contributed by atoms with E-state index in [4.69, 9.17) is 9.72 Å². The summed E-state index contributed by atoms with van der Waals surface area (Å²) in [5, 5.41) is 12.4. The topological polar surface area (TPSA) is 91.8 Å². The van der Waals surface area contributed by atoms with E-state index in [-0.39, 0.29) is 24.3 Å². The van der Waals surface area contributed by atoms with Crippen LogP contribution in [0.3, 0.4) is 0 Å². The highest BCUT2D eigenvalue weighted by Crippen LogP contribution is 2.29. The van der Waals surface area contributed by atoms with Crippen LogP contribution in [0, 0.1) is 11.8 Å². The Morgan fingerprint density at radius 1 is 0.970 bits per heavy atom. The summed E-state index contributed by atoms with van der Waals surface area (Å²) < 4.78 is 6.22. The summed E-state index contributed by atoms with van der Waals surface area (Å²) in [6, 6.07) is 3.97. The van der Waals surface area contributed by atoms with Gasteiger partial charge in [0.1, 0.15) is 11.4 Å². The number of aromatic nitrogens is 1. The van der Waals surface area contributed by atoms with Gasteiger partial charge in [-0.1, -0.05) is 38.5 Å². The second-order valence-corrected chi connectivity index (χ2v) is 10.2. The molecule has 1 aromatic heterocycles. The molecule has 1 saturated heterocycles. The third kappa shape index (κ3) is 6.84. The second-order valence-electron chi connectivity index (χ2n) is 10.2. The Morgan fingerprint density at radius 3 is 2.39 bits per heavy atom. The second kappa shape index (κ2) is 11.7. The Balaban J connectivity index is 1.49. The number of nitrogens with one attached hydrogen (secondary N) is 1. The predicted molar refractivity (Wildman–Crippen MR) is 128 cm³/mol. The molecule has 3 aliphatic rings. The number of pyridine rings is 1. The van der Waals surface area contributed by atoms with Crippen LogP contribution in [0.5, 0.6) is 5.88 Å². The quantitative estimate of drug-likeness (QED) is 0.583. The molecule has 0 spiro atoms. The van der Waals surface area contributed by atoms with Crippen LogP contribution < -0.4 is 15.0 Å². The van der Waals surface area contributed by atoms with Crippen molar-refractivity contribution in [3.63, 3.8) is 0 Å². The van der Waals surface area contributed by atoms with Gasteiger partial charge in [-0.15, -0.1) is 0 Å². The number of aliphatic carboxylic acids is 1. The summed E-state index contributed by atoms with van der Waals surface area (Å²) >= 11 is 0. The average Bonchev–Trinajstić information content (AvgIpc) is 2.83. The standard InChI is InChI=1S/C26H39N3O4/c30-24(31)16-20-10-7-15-29(17-20)23-14-13-22(25(32)27-21-11-5-2-6-12-21)26(28-23)33-18-19-8-3-1-4-9-19/h13-14,19-21H,1-12,15-18H2,(H,27,32)(H,30,31)/t20-/m0/s1. The highest BCUT2D eigenvalue weighted by Gasteiger charge is 2.26. The van der Waals surface area contributed by atoms with Crippen LogP contribution in [0.1, 0.15) is 93.8 Å². The smallest absolute Gasteiger partial charge is 0.303 e. The summed E-state index contributed by atoms with van der Waals surface area (Å²) in [5.41, 5.74) is 0.513. The van der Waals surface area contributed by atoms with Gasteiger partial charge in [0.05, 0.1) is 6.61 Å². The number of rotatable bonds is 8. The Bertz CT molecular complexity index is 803. The number of amides is 1. The van der Waals surface area contributed by atoms with E-state index in [2.05, 4.69) is 10.2 Å². The SMILES string of the molecule is O=C(O)C[C@@H]1CCCN(c2ccc(C(=O)NC3CCCCC3)c(OCC3CCCCC3)n2)C1. The van der Waals surface area contributed by atoms with E-state index in [0.717, 1.165) is 38.0 Å². The number of carboxylic acids is 1. The fourth-order valence-electron chi connectivity index (χ4n) is 5.64. The fraction of sp³-hybridized carbons (Fsp3) is 0.731. The Labute approximate surface area is 197 Å². The predicted octanol–water partition coefficient (Wildman–Crippen LogP) is 4.79. The van der Waals surface area contributed by atoms with Crippen LogP contribution >= 0.6 is 0 Å². The van der Waals surface area contributed by atoms with Gasteiger partial charge < -0.3 is 20.1 Å². The van der Waals surface area contributed by atoms with Crippen LogP contribution in [0.15, 0.2) is 12.1 Å². The molecule has 0 bridgehead atoms. The first-order valence-electron chi connectivity index (χ1n) is 13.0. The molecule has 1 amide bonds. The van der Waals surface area contributed by atoms with Crippen molar-refractivity contribution >= 4 is 17.7 Å². The highest BCUT2D eigenvalue weighted by molar-refractivity contribution is 5.96. The van der Waals surface area contributed by atoms with Crippen LogP contribution in [0.4, 0.5) is 5.82 Å². The summed E-state index contributed by atoms with van der Waals surface area (Å²) in [5.74, 6) is 1.00. The molecule has 2 aliphatic carbocycles. The van der Waals surface area contributed by atoms with Crippen molar-refractivity contribution in [2.45, 2.75) is 89.5 Å². The number of carboxylic acid groups (broad SMARTS) is 1. The monoisotopic (exact) mass is 457 g/mol. The van der Waals surface area contributed by atoms with Gasteiger partial charge in [0, 0.05) is 25.6 Å². The third-order valence-corrected chi connectivity index (χ3v) is 7.52. The highest BCUT2D eigenvalue weighted by atomic mass is 16.5. The summed E-state index contributed by atoms with van der Waals surface area (Å²) in [6.45, 7) is 2.12. The Kier molecular flexibility index (Phi) is 8.46. The third-order valence-electron chi connectivity index (χ3n) is 7.52. The molecule has 0 unspecified atom stereocenters. The van der Waals surface area contributed by atoms with Crippen LogP contribution in [0.2, 0.25) is 0 Å². The Morgan fingerprint density at radius 2 is 1.67 bits per heavy atom. The number of hydrogen-bond donors (Lipinski definition) is 2. The van der Waals surface area contributed by atoms with E-state index in [1.807, 2.05) is 12.1 Å². The molecule has 182 valence electrons. The molecule has 2 saturated carbocycles. The molecule has 2 heterocycles. The van der Waals surface area contributed by atoms with Crippen molar-refractivity contribution in [1.82, 2.24) is 10.3 Å². The van der Waals surface area contributed by atoms with Crippen molar-refractivity contribution in [1.29, 1.82) is 0 Å². The van der Waals surface area contributed by atoms with E-state index < -0.39 is 5.97 Å². The van der Waals surface area contributed by atoms with Gasteiger partial charge in [-0.3, -0.25) is 9.59 Å². The van der Waals surface area contributed by atoms with Crippen LogP contribution in [-0.4, -0.2) is 47.7 Å². The molecule has 0 aromatic carbocycles. The zero-order chi connectivity index (χ0) is 23.0. The summed E-state index contributed by atoms with van der Waals surface area (Å²) in [4.78, 5) is 31.3. The molecular weight excluding hydrogens is 418 g/mol. The van der Waals surface area contributed by atoms with Crippen molar-refractivity contribution < 1.29 is 19.4 Å². The van der Waals surface area contributed by atoms with Crippen molar-refractivity contribution in [3.8, 4) is 5.88 Å². The summed E-state index contributed by atoms with van der Waals surface area (Å²) in [6.07, 6.45) is 13.8. The number of carbonyl (C=O) groups excluding carboxylic acids is 1. The minimum absolute atomic E-state index is 0.0954. The number of hydrogen-bond acceptors (Lipinski definition) is 5. The zero-order valence-corrected chi connectivity index (χ0v) is 19.8.